The van der Waals surface area contributed by atoms with Crippen molar-refractivity contribution in [2.45, 2.75) is 19.1 Å². The fraction of sp³-hybridized carbons (Fsp3) is 0.300. The lowest BCUT2D eigenvalue weighted by Gasteiger charge is -2.10. The van der Waals surface area contributed by atoms with Crippen molar-refractivity contribution in [1.82, 2.24) is 0 Å². The van der Waals surface area contributed by atoms with E-state index >= 15 is 0 Å². The van der Waals surface area contributed by atoms with Crippen molar-refractivity contribution < 1.29 is 13.2 Å². The van der Waals surface area contributed by atoms with E-state index in [0.717, 1.165) is 12.1 Å². The van der Waals surface area contributed by atoms with E-state index in [0.29, 0.717) is 5.69 Å². The molecule has 0 spiro atoms. The summed E-state index contributed by atoms with van der Waals surface area (Å²) in [5, 5.41) is 11.2. The maximum atomic E-state index is 12.2. The molecule has 15 heavy (non-hydrogen) atoms. The lowest BCUT2D eigenvalue weighted by Crippen LogP contribution is -2.12. The number of benzene rings is 1. The molecule has 0 aromatic heterocycles. The SMILES string of the molecule is CC(C#N)Nc1ccc(C(F)(F)F)cc1. The van der Waals surface area contributed by atoms with Crippen LogP contribution in [0.1, 0.15) is 12.5 Å². The van der Waals surface area contributed by atoms with Crippen molar-refractivity contribution in [3.05, 3.63) is 29.8 Å². The highest BCUT2D eigenvalue weighted by atomic mass is 19.4. The van der Waals surface area contributed by atoms with E-state index in [1.165, 1.54) is 12.1 Å². The molecule has 0 aliphatic rings. The first-order valence-corrected chi connectivity index (χ1v) is 4.27. The first kappa shape index (κ1) is 11.4. The van der Waals surface area contributed by atoms with Crippen LogP contribution in [0.5, 0.6) is 0 Å². The molecule has 1 unspecified atom stereocenters. The van der Waals surface area contributed by atoms with E-state index in [4.69, 9.17) is 5.26 Å². The Bertz CT molecular complexity index is 362. The van der Waals surface area contributed by atoms with Crippen LogP contribution in [-0.4, -0.2) is 6.04 Å². The number of rotatable bonds is 2. The number of nitrogens with zero attached hydrogens (tertiary/aromatic N) is 1. The molecule has 0 fully saturated rings. The standard InChI is InChI=1S/C10H9F3N2/c1-7(6-14)15-9-4-2-8(3-5-9)10(11,12)13/h2-5,7,15H,1H3. The van der Waals surface area contributed by atoms with Crippen LogP contribution in [0.15, 0.2) is 24.3 Å². The number of hydrogen-bond donors (Lipinski definition) is 1. The fourth-order valence-corrected chi connectivity index (χ4v) is 1.04. The summed E-state index contributed by atoms with van der Waals surface area (Å²) in [6, 6.07) is 6.06. The minimum absolute atomic E-state index is 0.429. The molecule has 0 aliphatic heterocycles. The Hall–Kier alpha value is -1.70. The third kappa shape index (κ3) is 3.17. The van der Waals surface area contributed by atoms with Gasteiger partial charge in [-0.2, -0.15) is 18.4 Å². The van der Waals surface area contributed by atoms with Gasteiger partial charge < -0.3 is 5.32 Å². The van der Waals surface area contributed by atoms with Crippen LogP contribution in [0, 0.1) is 11.3 Å². The Morgan fingerprint density at radius 1 is 1.27 bits per heavy atom. The molecule has 1 atom stereocenters. The molecule has 0 aliphatic carbocycles. The second-order valence-electron chi connectivity index (χ2n) is 3.07. The molecule has 80 valence electrons. The third-order valence-electron chi connectivity index (χ3n) is 1.79. The lowest BCUT2D eigenvalue weighted by molar-refractivity contribution is -0.137. The smallest absolute Gasteiger partial charge is 0.370 e. The van der Waals surface area contributed by atoms with Gasteiger partial charge >= 0.3 is 6.18 Å². The van der Waals surface area contributed by atoms with Crippen LogP contribution in [0.2, 0.25) is 0 Å². The first-order chi connectivity index (χ1) is 6.93. The molecule has 0 bridgehead atoms. The molecular formula is C10H9F3N2. The van der Waals surface area contributed by atoms with Crippen molar-refractivity contribution in [2.75, 3.05) is 5.32 Å². The van der Waals surface area contributed by atoms with Crippen molar-refractivity contribution >= 4 is 5.69 Å². The minimum Gasteiger partial charge on any atom is -0.370 e. The van der Waals surface area contributed by atoms with Crippen molar-refractivity contribution in [3.8, 4) is 6.07 Å². The van der Waals surface area contributed by atoms with Crippen LogP contribution in [0.4, 0.5) is 18.9 Å². The first-order valence-electron chi connectivity index (χ1n) is 4.27. The molecule has 0 radical (unpaired) electrons. The van der Waals surface area contributed by atoms with E-state index < -0.39 is 17.8 Å². The lowest BCUT2D eigenvalue weighted by atomic mass is 10.2. The summed E-state index contributed by atoms with van der Waals surface area (Å²) >= 11 is 0. The highest BCUT2D eigenvalue weighted by Crippen LogP contribution is 2.29. The quantitative estimate of drug-likeness (QED) is 0.821. The number of hydrogen-bond acceptors (Lipinski definition) is 2. The topological polar surface area (TPSA) is 35.8 Å². The number of alkyl halides is 3. The predicted molar refractivity (Wildman–Crippen MR) is 50.1 cm³/mol. The molecule has 2 nitrogen and oxygen atoms in total. The highest BCUT2D eigenvalue weighted by Gasteiger charge is 2.29. The average Bonchev–Trinajstić information content (AvgIpc) is 2.17. The zero-order chi connectivity index (χ0) is 11.5. The summed E-state index contributed by atoms with van der Waals surface area (Å²) in [6.45, 7) is 1.62. The van der Waals surface area contributed by atoms with E-state index in [9.17, 15) is 13.2 Å². The summed E-state index contributed by atoms with van der Waals surface area (Å²) in [7, 11) is 0. The van der Waals surface area contributed by atoms with Crippen LogP contribution in [-0.2, 0) is 6.18 Å². The number of nitrogens with one attached hydrogen (secondary N) is 1. The van der Waals surface area contributed by atoms with Crippen molar-refractivity contribution in [2.24, 2.45) is 0 Å². The summed E-state index contributed by atoms with van der Waals surface area (Å²) in [5.41, 5.74) is -0.199. The number of anilines is 1. The van der Waals surface area contributed by atoms with Gasteiger partial charge in [0.05, 0.1) is 11.6 Å². The normalized spacial score (nSPS) is 13.0. The van der Waals surface area contributed by atoms with E-state index in [-0.39, 0.29) is 0 Å². The van der Waals surface area contributed by atoms with Crippen molar-refractivity contribution in [3.63, 3.8) is 0 Å². The zero-order valence-electron chi connectivity index (χ0n) is 7.97. The van der Waals surface area contributed by atoms with Gasteiger partial charge in [0.1, 0.15) is 6.04 Å². The molecule has 0 saturated carbocycles. The molecular weight excluding hydrogens is 205 g/mol. The van der Waals surface area contributed by atoms with Gasteiger partial charge in [-0.3, -0.25) is 0 Å². The Labute approximate surface area is 85.3 Å². The van der Waals surface area contributed by atoms with Gasteiger partial charge in [0.25, 0.3) is 0 Å². The van der Waals surface area contributed by atoms with Gasteiger partial charge in [0, 0.05) is 5.69 Å². The van der Waals surface area contributed by atoms with E-state index in [2.05, 4.69) is 5.32 Å². The highest BCUT2D eigenvalue weighted by molar-refractivity contribution is 5.46. The molecule has 1 N–H and O–H groups in total. The number of nitriles is 1. The summed E-state index contributed by atoms with van der Waals surface area (Å²) in [4.78, 5) is 0. The Balaban J connectivity index is 2.78. The Morgan fingerprint density at radius 2 is 1.80 bits per heavy atom. The largest absolute Gasteiger partial charge is 0.416 e. The fourth-order valence-electron chi connectivity index (χ4n) is 1.04. The molecule has 0 heterocycles. The molecule has 1 rings (SSSR count). The molecule has 5 heteroatoms. The molecule has 0 amide bonds. The van der Waals surface area contributed by atoms with Crippen molar-refractivity contribution in [1.29, 1.82) is 5.26 Å². The maximum Gasteiger partial charge on any atom is 0.416 e. The number of halogens is 3. The molecule has 0 saturated heterocycles. The van der Waals surface area contributed by atoms with E-state index in [1.54, 1.807) is 6.92 Å². The van der Waals surface area contributed by atoms with Crippen LogP contribution >= 0.6 is 0 Å². The second kappa shape index (κ2) is 4.22. The van der Waals surface area contributed by atoms with Gasteiger partial charge in [-0.1, -0.05) is 0 Å². The third-order valence-corrected chi connectivity index (χ3v) is 1.79. The van der Waals surface area contributed by atoms with Gasteiger partial charge in [-0.15, -0.1) is 0 Å². The average molecular weight is 214 g/mol. The summed E-state index contributed by atoms with van der Waals surface area (Å²) in [6.07, 6.45) is -4.32. The van der Waals surface area contributed by atoms with Crippen LogP contribution < -0.4 is 5.32 Å². The second-order valence-corrected chi connectivity index (χ2v) is 3.07. The van der Waals surface area contributed by atoms with Crippen LogP contribution in [0.3, 0.4) is 0 Å². The molecule has 1 aromatic rings. The van der Waals surface area contributed by atoms with Gasteiger partial charge in [-0.05, 0) is 31.2 Å². The van der Waals surface area contributed by atoms with Crippen LogP contribution in [0.25, 0.3) is 0 Å². The van der Waals surface area contributed by atoms with Gasteiger partial charge in [0.2, 0.25) is 0 Å². The molecule has 1 aromatic carbocycles. The van der Waals surface area contributed by atoms with E-state index in [1.807, 2.05) is 6.07 Å². The monoisotopic (exact) mass is 214 g/mol. The predicted octanol–water partition coefficient (Wildman–Crippen LogP) is 3.03. The van der Waals surface area contributed by atoms with Gasteiger partial charge in [0.15, 0.2) is 0 Å². The summed E-state index contributed by atoms with van der Waals surface area (Å²) < 4.78 is 36.5. The Kier molecular flexibility index (Phi) is 3.20. The maximum absolute atomic E-state index is 12.2. The zero-order valence-corrected chi connectivity index (χ0v) is 7.97. The van der Waals surface area contributed by atoms with Gasteiger partial charge in [-0.25, -0.2) is 0 Å². The Morgan fingerprint density at radius 3 is 2.20 bits per heavy atom. The summed E-state index contributed by atoms with van der Waals surface area (Å²) in [5.74, 6) is 0. The minimum atomic E-state index is -4.32.